The Hall–Kier alpha value is -1.13. The second-order valence-corrected chi connectivity index (χ2v) is 4.41. The van der Waals surface area contributed by atoms with E-state index < -0.39 is 0 Å². The van der Waals surface area contributed by atoms with Crippen LogP contribution in [0.5, 0.6) is 0 Å². The normalized spacial score (nSPS) is 12.2. The van der Waals surface area contributed by atoms with Crippen LogP contribution in [-0.4, -0.2) is 29.1 Å². The molecule has 1 atom stereocenters. The van der Waals surface area contributed by atoms with Crippen LogP contribution in [0.4, 0.5) is 0 Å². The Balaban J connectivity index is 2.71. The molecule has 0 radical (unpaired) electrons. The number of nitrogens with one attached hydrogen (secondary N) is 1. The summed E-state index contributed by atoms with van der Waals surface area (Å²) in [5, 5.41) is 11.9. The van der Waals surface area contributed by atoms with Gasteiger partial charge in [-0.25, -0.2) is 4.98 Å². The number of aliphatic hydroxyl groups is 1. The predicted octanol–water partition coefficient (Wildman–Crippen LogP) is 1.66. The Kier molecular flexibility index (Phi) is 5.38. The molecule has 1 aromatic heterocycles. The van der Waals surface area contributed by atoms with E-state index in [2.05, 4.69) is 10.3 Å². The average Bonchev–Trinajstić information content (AvgIpc) is 2.34. The van der Waals surface area contributed by atoms with Gasteiger partial charge in [-0.15, -0.1) is 0 Å². The number of hydrogen-bond donors (Lipinski definition) is 2. The molecule has 1 unspecified atom stereocenters. The van der Waals surface area contributed by atoms with E-state index in [4.69, 9.17) is 16.7 Å². The van der Waals surface area contributed by atoms with E-state index in [0.717, 1.165) is 12.1 Å². The molecule has 94 valence electrons. The summed E-state index contributed by atoms with van der Waals surface area (Å²) in [6.07, 6.45) is 0.730. The highest BCUT2D eigenvalue weighted by molar-refractivity contribution is 6.29. The molecule has 1 rings (SSSR count). The van der Waals surface area contributed by atoms with Crippen LogP contribution in [0.15, 0.2) is 12.1 Å². The number of pyridine rings is 1. The van der Waals surface area contributed by atoms with Crippen molar-refractivity contribution in [3.63, 3.8) is 0 Å². The van der Waals surface area contributed by atoms with Crippen molar-refractivity contribution < 1.29 is 9.90 Å². The summed E-state index contributed by atoms with van der Waals surface area (Å²) in [5.41, 5.74) is 1.30. The molecule has 1 heterocycles. The van der Waals surface area contributed by atoms with E-state index >= 15 is 0 Å². The molecule has 0 saturated carbocycles. The van der Waals surface area contributed by atoms with E-state index in [1.165, 1.54) is 0 Å². The molecular weight excluding hydrogens is 240 g/mol. The largest absolute Gasteiger partial charge is 0.396 e. The van der Waals surface area contributed by atoms with Gasteiger partial charge < -0.3 is 10.4 Å². The summed E-state index contributed by atoms with van der Waals surface area (Å²) >= 11 is 5.83. The molecule has 0 saturated heterocycles. The minimum atomic E-state index is -0.190. The molecule has 4 nitrogen and oxygen atoms in total. The Labute approximate surface area is 106 Å². The molecule has 0 fully saturated rings. The van der Waals surface area contributed by atoms with Crippen molar-refractivity contribution in [3.05, 3.63) is 28.5 Å². The number of hydrogen-bond acceptors (Lipinski definition) is 3. The third-order valence-corrected chi connectivity index (χ3v) is 2.59. The van der Waals surface area contributed by atoms with Gasteiger partial charge in [-0.3, -0.25) is 4.79 Å². The van der Waals surface area contributed by atoms with E-state index in [1.54, 1.807) is 12.1 Å². The Morgan fingerprint density at radius 3 is 2.88 bits per heavy atom. The Morgan fingerprint density at radius 1 is 1.59 bits per heavy atom. The molecule has 0 aliphatic rings. The molecule has 0 aromatic carbocycles. The second kappa shape index (κ2) is 6.57. The number of halogens is 1. The maximum atomic E-state index is 11.8. The number of carbonyl (C=O) groups is 1. The lowest BCUT2D eigenvalue weighted by molar-refractivity contribution is 0.0942. The first kappa shape index (κ1) is 13.9. The number of amides is 1. The van der Waals surface area contributed by atoms with Gasteiger partial charge in [-0.2, -0.15) is 0 Å². The zero-order chi connectivity index (χ0) is 12.8. The molecule has 0 aliphatic carbocycles. The van der Waals surface area contributed by atoms with Gasteiger partial charge in [0, 0.05) is 24.4 Å². The summed E-state index contributed by atoms with van der Waals surface area (Å²) in [5.74, 6) is -0.147. The maximum absolute atomic E-state index is 11.8. The highest BCUT2D eigenvalue weighted by Crippen LogP contribution is 2.11. The number of nitrogens with zero attached hydrogens (tertiary/aromatic N) is 1. The van der Waals surface area contributed by atoms with Crippen molar-refractivity contribution in [2.24, 2.45) is 5.92 Å². The van der Waals surface area contributed by atoms with Crippen molar-refractivity contribution >= 4 is 17.5 Å². The fourth-order valence-corrected chi connectivity index (χ4v) is 1.52. The van der Waals surface area contributed by atoms with Crippen LogP contribution in [0.1, 0.15) is 29.9 Å². The third-order valence-electron chi connectivity index (χ3n) is 2.39. The molecule has 0 spiro atoms. The molecule has 1 aromatic rings. The minimum absolute atomic E-state index is 0.0434. The van der Waals surface area contributed by atoms with E-state index in [-0.39, 0.29) is 18.4 Å². The van der Waals surface area contributed by atoms with Crippen LogP contribution < -0.4 is 5.32 Å². The SMILES string of the molecule is CCc1cc(C(=O)NCC(C)CO)cc(Cl)n1. The summed E-state index contributed by atoms with van der Waals surface area (Å²) < 4.78 is 0. The Morgan fingerprint density at radius 2 is 2.29 bits per heavy atom. The first-order valence-corrected chi connectivity index (χ1v) is 6.00. The molecule has 0 aliphatic heterocycles. The van der Waals surface area contributed by atoms with Gasteiger partial charge in [0.25, 0.3) is 5.91 Å². The Bertz CT molecular complexity index is 396. The van der Waals surface area contributed by atoms with Crippen molar-refractivity contribution in [3.8, 4) is 0 Å². The molecule has 1 amide bonds. The zero-order valence-corrected chi connectivity index (χ0v) is 10.8. The number of aromatic nitrogens is 1. The lowest BCUT2D eigenvalue weighted by Gasteiger charge is -2.10. The molecule has 0 bridgehead atoms. The topological polar surface area (TPSA) is 62.2 Å². The van der Waals surface area contributed by atoms with Crippen molar-refractivity contribution in [1.82, 2.24) is 10.3 Å². The first-order valence-electron chi connectivity index (χ1n) is 5.62. The van der Waals surface area contributed by atoms with Gasteiger partial charge in [0.1, 0.15) is 5.15 Å². The fraction of sp³-hybridized carbons (Fsp3) is 0.500. The third kappa shape index (κ3) is 4.32. The highest BCUT2D eigenvalue weighted by Gasteiger charge is 2.09. The smallest absolute Gasteiger partial charge is 0.251 e. The zero-order valence-electron chi connectivity index (χ0n) is 10.0. The van der Waals surface area contributed by atoms with Crippen molar-refractivity contribution in [2.45, 2.75) is 20.3 Å². The van der Waals surface area contributed by atoms with Gasteiger partial charge in [-0.1, -0.05) is 25.4 Å². The van der Waals surface area contributed by atoms with Crippen LogP contribution in [0.3, 0.4) is 0 Å². The quantitative estimate of drug-likeness (QED) is 0.788. The molecule has 17 heavy (non-hydrogen) atoms. The van der Waals surface area contributed by atoms with Crippen LogP contribution in [0.25, 0.3) is 0 Å². The van der Waals surface area contributed by atoms with Gasteiger partial charge in [0.05, 0.1) is 0 Å². The number of rotatable bonds is 5. The summed E-state index contributed by atoms with van der Waals surface area (Å²) in [7, 11) is 0. The lowest BCUT2D eigenvalue weighted by Crippen LogP contribution is -2.29. The second-order valence-electron chi connectivity index (χ2n) is 4.02. The van der Waals surface area contributed by atoms with Gasteiger partial charge in [0.2, 0.25) is 0 Å². The number of aliphatic hydroxyl groups excluding tert-OH is 1. The average molecular weight is 257 g/mol. The van der Waals surface area contributed by atoms with Crippen LogP contribution in [0, 0.1) is 5.92 Å². The van der Waals surface area contributed by atoms with Gasteiger partial charge in [0.15, 0.2) is 0 Å². The van der Waals surface area contributed by atoms with Crippen molar-refractivity contribution in [1.29, 1.82) is 0 Å². The highest BCUT2D eigenvalue weighted by atomic mass is 35.5. The number of carbonyl (C=O) groups excluding carboxylic acids is 1. The maximum Gasteiger partial charge on any atom is 0.251 e. The fourth-order valence-electron chi connectivity index (χ4n) is 1.30. The summed E-state index contributed by atoms with van der Waals surface area (Å²) in [6.45, 7) is 4.31. The van der Waals surface area contributed by atoms with Crippen LogP contribution in [0.2, 0.25) is 5.15 Å². The van der Waals surface area contributed by atoms with E-state index in [0.29, 0.717) is 17.3 Å². The minimum Gasteiger partial charge on any atom is -0.396 e. The number of aryl methyl sites for hydroxylation is 1. The first-order chi connectivity index (χ1) is 8.06. The molecular formula is C12H17ClN2O2. The van der Waals surface area contributed by atoms with Crippen LogP contribution in [-0.2, 0) is 6.42 Å². The van der Waals surface area contributed by atoms with Crippen molar-refractivity contribution in [2.75, 3.05) is 13.2 Å². The monoisotopic (exact) mass is 256 g/mol. The molecule has 2 N–H and O–H groups in total. The van der Waals surface area contributed by atoms with Gasteiger partial charge in [-0.05, 0) is 24.5 Å². The van der Waals surface area contributed by atoms with Crippen LogP contribution >= 0.6 is 11.6 Å². The standard InChI is InChI=1S/C12H17ClN2O2/c1-3-10-4-9(5-11(13)15-10)12(17)14-6-8(2)7-16/h4-5,8,16H,3,6-7H2,1-2H3,(H,14,17). The summed E-state index contributed by atoms with van der Waals surface area (Å²) in [6, 6.07) is 3.27. The summed E-state index contributed by atoms with van der Waals surface area (Å²) in [4.78, 5) is 15.9. The molecule has 5 heteroatoms. The lowest BCUT2D eigenvalue weighted by atomic mass is 10.1. The van der Waals surface area contributed by atoms with E-state index in [9.17, 15) is 4.79 Å². The predicted molar refractivity (Wildman–Crippen MR) is 67.2 cm³/mol. The van der Waals surface area contributed by atoms with Gasteiger partial charge >= 0.3 is 0 Å². The van der Waals surface area contributed by atoms with E-state index in [1.807, 2.05) is 13.8 Å².